The standard InChI is InChI=1S/C29H28N4O3S/c1-18(34)31-26-16-20(12-13-30-26)28-29(32-21-6-4-3-5-7-21)27-24(33-28)14-19(15-25(27)35)17-37-23-10-8-22(36-2)9-11-23/h3-13,16,19,32-33H,14-15,17H2,1-2H3,(H,30,31,34). The molecule has 2 heterocycles. The molecule has 1 aliphatic carbocycles. The number of nitrogens with one attached hydrogen (secondary N) is 3. The fourth-order valence-electron chi connectivity index (χ4n) is 4.58. The van der Waals surface area contributed by atoms with Gasteiger partial charge in [-0.25, -0.2) is 4.98 Å². The van der Waals surface area contributed by atoms with Gasteiger partial charge in [0.25, 0.3) is 0 Å². The zero-order valence-corrected chi connectivity index (χ0v) is 21.5. The number of ether oxygens (including phenoxy) is 1. The van der Waals surface area contributed by atoms with Crippen LogP contribution in [0.25, 0.3) is 11.3 Å². The van der Waals surface area contributed by atoms with Gasteiger partial charge in [0.05, 0.1) is 24.1 Å². The zero-order valence-electron chi connectivity index (χ0n) is 20.7. The summed E-state index contributed by atoms with van der Waals surface area (Å²) < 4.78 is 5.25. The van der Waals surface area contributed by atoms with Crippen LogP contribution in [-0.4, -0.2) is 34.5 Å². The van der Waals surface area contributed by atoms with Crippen molar-refractivity contribution in [3.8, 4) is 17.0 Å². The largest absolute Gasteiger partial charge is 0.497 e. The lowest BCUT2D eigenvalue weighted by Gasteiger charge is -2.22. The molecule has 0 fully saturated rings. The van der Waals surface area contributed by atoms with Crippen LogP contribution in [-0.2, 0) is 11.2 Å². The molecule has 7 nitrogen and oxygen atoms in total. The van der Waals surface area contributed by atoms with Gasteiger partial charge in [-0.2, -0.15) is 0 Å². The van der Waals surface area contributed by atoms with Crippen LogP contribution in [0, 0.1) is 5.92 Å². The Morgan fingerprint density at radius 3 is 2.62 bits per heavy atom. The number of para-hydroxylation sites is 1. The molecule has 5 rings (SSSR count). The van der Waals surface area contributed by atoms with Crippen molar-refractivity contribution in [2.45, 2.75) is 24.7 Å². The maximum Gasteiger partial charge on any atom is 0.222 e. The Labute approximate surface area is 220 Å². The molecule has 1 atom stereocenters. The van der Waals surface area contributed by atoms with Crippen LogP contribution >= 0.6 is 11.8 Å². The Balaban J connectivity index is 1.45. The predicted octanol–water partition coefficient (Wildman–Crippen LogP) is 6.32. The molecule has 188 valence electrons. The number of benzene rings is 2. The number of nitrogens with zero attached hydrogens (tertiary/aromatic N) is 1. The van der Waals surface area contributed by atoms with Crippen molar-refractivity contribution in [3.63, 3.8) is 0 Å². The van der Waals surface area contributed by atoms with E-state index >= 15 is 0 Å². The first-order chi connectivity index (χ1) is 18.0. The SMILES string of the molecule is COc1ccc(SCC2CC(=O)c3c([nH]c(-c4ccnc(NC(C)=O)c4)c3Nc3ccccc3)C2)cc1. The molecule has 2 aromatic carbocycles. The first kappa shape index (κ1) is 24.6. The van der Waals surface area contributed by atoms with Crippen molar-refractivity contribution in [2.75, 3.05) is 23.5 Å². The maximum absolute atomic E-state index is 13.5. The first-order valence-corrected chi connectivity index (χ1v) is 13.1. The Bertz CT molecular complexity index is 1420. The van der Waals surface area contributed by atoms with Crippen molar-refractivity contribution in [3.05, 3.63) is 84.2 Å². The molecule has 0 aliphatic heterocycles. The number of ketones is 1. The van der Waals surface area contributed by atoms with E-state index in [0.717, 1.165) is 51.1 Å². The quantitative estimate of drug-likeness (QED) is 0.239. The molecular weight excluding hydrogens is 484 g/mol. The topological polar surface area (TPSA) is 96.1 Å². The number of H-pyrrole nitrogens is 1. The normalized spacial score (nSPS) is 14.6. The number of thioether (sulfide) groups is 1. The van der Waals surface area contributed by atoms with Crippen molar-refractivity contribution in [1.82, 2.24) is 9.97 Å². The lowest BCUT2D eigenvalue weighted by molar-refractivity contribution is -0.114. The van der Waals surface area contributed by atoms with E-state index < -0.39 is 0 Å². The van der Waals surface area contributed by atoms with E-state index in [9.17, 15) is 9.59 Å². The summed E-state index contributed by atoms with van der Waals surface area (Å²) in [6.07, 6.45) is 2.92. The van der Waals surface area contributed by atoms with Crippen LogP contribution in [0.1, 0.15) is 29.4 Å². The molecule has 2 aromatic heterocycles. The molecule has 3 N–H and O–H groups in total. The lowest BCUT2D eigenvalue weighted by Crippen LogP contribution is -2.21. The third kappa shape index (κ3) is 5.70. The summed E-state index contributed by atoms with van der Waals surface area (Å²) in [5, 5.41) is 6.22. The fourth-order valence-corrected chi connectivity index (χ4v) is 5.58. The maximum atomic E-state index is 13.5. The number of amides is 1. The van der Waals surface area contributed by atoms with Crippen LogP contribution in [0.5, 0.6) is 5.75 Å². The van der Waals surface area contributed by atoms with Crippen LogP contribution in [0.15, 0.2) is 77.8 Å². The minimum Gasteiger partial charge on any atom is -0.497 e. The molecule has 0 bridgehead atoms. The summed E-state index contributed by atoms with van der Waals surface area (Å²) in [6.45, 7) is 1.45. The van der Waals surface area contributed by atoms with E-state index in [1.54, 1.807) is 25.1 Å². The van der Waals surface area contributed by atoms with Crippen molar-refractivity contribution < 1.29 is 14.3 Å². The number of carbonyl (C=O) groups is 2. The van der Waals surface area contributed by atoms with Crippen LogP contribution in [0.4, 0.5) is 17.2 Å². The second-order valence-corrected chi connectivity index (χ2v) is 10.1. The number of aromatic amines is 1. The number of anilines is 3. The van der Waals surface area contributed by atoms with Crippen LogP contribution < -0.4 is 15.4 Å². The molecule has 0 saturated carbocycles. The van der Waals surface area contributed by atoms with Gasteiger partial charge in [-0.05, 0) is 60.9 Å². The molecule has 8 heteroatoms. The van der Waals surface area contributed by atoms with E-state index in [4.69, 9.17) is 4.74 Å². The predicted molar refractivity (Wildman–Crippen MR) is 148 cm³/mol. The lowest BCUT2D eigenvalue weighted by atomic mass is 9.87. The van der Waals surface area contributed by atoms with Gasteiger partial charge in [0, 0.05) is 47.1 Å². The smallest absolute Gasteiger partial charge is 0.222 e. The monoisotopic (exact) mass is 512 g/mol. The molecular formula is C29H28N4O3S. The van der Waals surface area contributed by atoms with Gasteiger partial charge in [-0.15, -0.1) is 11.8 Å². The number of fused-ring (bicyclic) bond motifs is 1. The Morgan fingerprint density at radius 2 is 1.89 bits per heavy atom. The highest BCUT2D eigenvalue weighted by atomic mass is 32.2. The van der Waals surface area contributed by atoms with Crippen LogP contribution in [0.3, 0.4) is 0 Å². The number of hydrogen-bond acceptors (Lipinski definition) is 6. The summed E-state index contributed by atoms with van der Waals surface area (Å²) >= 11 is 1.75. The highest BCUT2D eigenvalue weighted by Crippen LogP contribution is 2.41. The van der Waals surface area contributed by atoms with Crippen molar-refractivity contribution >= 4 is 40.6 Å². The number of Topliss-reactive ketones (excluding diaryl/α,β-unsaturated/α-hetero) is 1. The number of aromatic nitrogens is 2. The molecule has 0 spiro atoms. The highest BCUT2D eigenvalue weighted by molar-refractivity contribution is 7.99. The molecule has 37 heavy (non-hydrogen) atoms. The number of pyridine rings is 1. The van der Waals surface area contributed by atoms with E-state index in [0.29, 0.717) is 17.8 Å². The van der Waals surface area contributed by atoms with Gasteiger partial charge in [-0.3, -0.25) is 9.59 Å². The summed E-state index contributed by atoms with van der Waals surface area (Å²) in [4.78, 5) is 34.0. The third-order valence-corrected chi connectivity index (χ3v) is 7.51. The van der Waals surface area contributed by atoms with Gasteiger partial charge in [0.1, 0.15) is 11.6 Å². The summed E-state index contributed by atoms with van der Waals surface area (Å²) in [7, 11) is 1.66. The molecule has 4 aromatic rings. The third-order valence-electron chi connectivity index (χ3n) is 6.26. The number of carbonyl (C=O) groups excluding carboxylic acids is 2. The average molecular weight is 513 g/mol. The van der Waals surface area contributed by atoms with E-state index in [1.165, 1.54) is 6.92 Å². The first-order valence-electron chi connectivity index (χ1n) is 12.1. The number of methoxy groups -OCH3 is 1. The second-order valence-electron chi connectivity index (χ2n) is 9.01. The molecule has 1 unspecified atom stereocenters. The van der Waals surface area contributed by atoms with E-state index in [1.807, 2.05) is 66.7 Å². The average Bonchev–Trinajstić information content (AvgIpc) is 3.26. The molecule has 1 aliphatic rings. The van der Waals surface area contributed by atoms with E-state index in [2.05, 4.69) is 20.6 Å². The fraction of sp³-hybridized carbons (Fsp3) is 0.207. The van der Waals surface area contributed by atoms with Gasteiger partial charge >= 0.3 is 0 Å². The second kappa shape index (κ2) is 10.9. The summed E-state index contributed by atoms with van der Waals surface area (Å²) in [5.74, 6) is 2.29. The van der Waals surface area contributed by atoms with Crippen LogP contribution in [0.2, 0.25) is 0 Å². The van der Waals surface area contributed by atoms with Gasteiger partial charge in [-0.1, -0.05) is 18.2 Å². The Morgan fingerprint density at radius 1 is 1.11 bits per heavy atom. The Hall–Kier alpha value is -4.04. The van der Waals surface area contributed by atoms with Gasteiger partial charge in [0.15, 0.2) is 5.78 Å². The van der Waals surface area contributed by atoms with Crippen molar-refractivity contribution in [1.29, 1.82) is 0 Å². The number of hydrogen-bond donors (Lipinski definition) is 3. The van der Waals surface area contributed by atoms with Crippen molar-refractivity contribution in [2.24, 2.45) is 5.92 Å². The Kier molecular flexibility index (Phi) is 7.28. The summed E-state index contributed by atoms with van der Waals surface area (Å²) in [6, 6.07) is 21.5. The summed E-state index contributed by atoms with van der Waals surface area (Å²) in [5.41, 5.74) is 4.94. The van der Waals surface area contributed by atoms with Gasteiger partial charge < -0.3 is 20.4 Å². The molecule has 0 radical (unpaired) electrons. The highest BCUT2D eigenvalue weighted by Gasteiger charge is 2.32. The van der Waals surface area contributed by atoms with E-state index in [-0.39, 0.29) is 17.6 Å². The molecule has 1 amide bonds. The molecule has 0 saturated heterocycles. The van der Waals surface area contributed by atoms with Gasteiger partial charge in [0.2, 0.25) is 5.91 Å². The number of rotatable bonds is 8. The minimum absolute atomic E-state index is 0.124. The zero-order chi connectivity index (χ0) is 25.8. The minimum atomic E-state index is -0.189.